The Hall–Kier alpha value is -0.160. The van der Waals surface area contributed by atoms with Gasteiger partial charge in [-0.3, -0.25) is 9.80 Å². The molecule has 4 atom stereocenters. The molecule has 0 N–H and O–H groups in total. The van der Waals surface area contributed by atoms with Gasteiger partial charge in [0.2, 0.25) is 0 Å². The van der Waals surface area contributed by atoms with Crippen LogP contribution in [0.5, 0.6) is 0 Å². The number of likely N-dealkylation sites (N-methyl/N-ethyl adjacent to an activating group) is 2. The number of nitrogens with zero attached hydrogens (tertiary/aromatic N) is 4. The molecule has 4 saturated heterocycles. The molecule has 0 aromatic heterocycles. The van der Waals surface area contributed by atoms with Crippen LogP contribution in [0.25, 0.3) is 0 Å². The van der Waals surface area contributed by atoms with Crippen molar-refractivity contribution in [2.24, 2.45) is 0 Å². The average Bonchev–Trinajstić information content (AvgIpc) is 3.15. The Morgan fingerprint density at radius 2 is 1.25 bits per heavy atom. The fraction of sp³-hybridized carbons (Fsp3) is 1.00. The van der Waals surface area contributed by atoms with Gasteiger partial charge >= 0.3 is 0 Å². The molecular formula is C20H42N4. The van der Waals surface area contributed by atoms with Crippen LogP contribution >= 0.6 is 0 Å². The quantitative estimate of drug-likeness (QED) is 0.728. The maximum atomic E-state index is 2.66. The summed E-state index contributed by atoms with van der Waals surface area (Å²) >= 11 is 0. The Balaban J connectivity index is 0.000000167. The Morgan fingerprint density at radius 3 is 1.54 bits per heavy atom. The summed E-state index contributed by atoms with van der Waals surface area (Å²) in [5.41, 5.74) is 0.376. The number of hydrogen-bond acceptors (Lipinski definition) is 4. The molecular weight excluding hydrogens is 296 g/mol. The predicted molar refractivity (Wildman–Crippen MR) is 105 cm³/mol. The van der Waals surface area contributed by atoms with Gasteiger partial charge in [0, 0.05) is 61.9 Å². The summed E-state index contributed by atoms with van der Waals surface area (Å²) in [5, 5.41) is 0. The van der Waals surface area contributed by atoms with Crippen LogP contribution in [0.4, 0.5) is 0 Å². The summed E-state index contributed by atoms with van der Waals surface area (Å²) in [4.78, 5) is 10.3. The second-order valence-electron chi connectivity index (χ2n) is 9.58. The molecule has 4 aliphatic heterocycles. The highest BCUT2D eigenvalue weighted by Crippen LogP contribution is 2.34. The van der Waals surface area contributed by atoms with Gasteiger partial charge in [0.15, 0.2) is 0 Å². The van der Waals surface area contributed by atoms with Crippen molar-refractivity contribution in [3.63, 3.8) is 0 Å². The van der Waals surface area contributed by atoms with E-state index in [-0.39, 0.29) is 7.43 Å². The van der Waals surface area contributed by atoms with Gasteiger partial charge in [-0.2, -0.15) is 0 Å². The molecule has 0 amide bonds. The molecule has 4 heteroatoms. The van der Waals surface area contributed by atoms with Gasteiger partial charge in [-0.15, -0.1) is 0 Å². The third kappa shape index (κ3) is 3.82. The molecule has 0 aromatic carbocycles. The molecule has 24 heavy (non-hydrogen) atoms. The zero-order valence-corrected chi connectivity index (χ0v) is 16.4. The molecule has 4 rings (SSSR count). The van der Waals surface area contributed by atoms with Gasteiger partial charge in [-0.25, -0.2) is 0 Å². The molecule has 4 nitrogen and oxygen atoms in total. The van der Waals surface area contributed by atoms with E-state index in [1.165, 1.54) is 39.0 Å². The van der Waals surface area contributed by atoms with Crippen LogP contribution in [0, 0.1) is 0 Å². The largest absolute Gasteiger partial charge is 0.301 e. The highest BCUT2D eigenvalue weighted by Gasteiger charge is 2.45. The van der Waals surface area contributed by atoms with Crippen LogP contribution < -0.4 is 0 Å². The lowest BCUT2D eigenvalue weighted by Gasteiger charge is -2.41. The van der Waals surface area contributed by atoms with E-state index >= 15 is 0 Å². The molecule has 4 unspecified atom stereocenters. The minimum Gasteiger partial charge on any atom is -0.301 e. The van der Waals surface area contributed by atoms with Gasteiger partial charge in [0.05, 0.1) is 0 Å². The normalized spacial score (nSPS) is 37.0. The molecule has 4 heterocycles. The van der Waals surface area contributed by atoms with Crippen molar-refractivity contribution in [2.45, 2.75) is 90.6 Å². The van der Waals surface area contributed by atoms with Gasteiger partial charge in [0.1, 0.15) is 0 Å². The van der Waals surface area contributed by atoms with E-state index in [0.29, 0.717) is 5.54 Å². The summed E-state index contributed by atoms with van der Waals surface area (Å²) < 4.78 is 0. The fourth-order valence-electron chi connectivity index (χ4n) is 5.22. The zero-order chi connectivity index (χ0) is 16.9. The predicted octanol–water partition coefficient (Wildman–Crippen LogP) is 2.59. The first-order chi connectivity index (χ1) is 10.7. The third-order valence-corrected chi connectivity index (χ3v) is 6.60. The lowest BCUT2D eigenvalue weighted by atomic mass is 10.0. The highest BCUT2D eigenvalue weighted by molar-refractivity contribution is 5.02. The molecule has 0 aliphatic carbocycles. The number of likely N-dealkylation sites (tertiary alicyclic amines) is 4. The first-order valence-corrected chi connectivity index (χ1v) is 9.59. The van der Waals surface area contributed by atoms with Crippen LogP contribution in [0.15, 0.2) is 0 Å². The lowest BCUT2D eigenvalue weighted by molar-refractivity contribution is 0.0677. The zero-order valence-electron chi connectivity index (χ0n) is 16.4. The Morgan fingerprint density at radius 1 is 0.750 bits per heavy atom. The van der Waals surface area contributed by atoms with E-state index in [9.17, 15) is 0 Å². The number of hydrogen-bond donors (Lipinski definition) is 0. The van der Waals surface area contributed by atoms with Gasteiger partial charge in [-0.05, 0) is 61.6 Å². The van der Waals surface area contributed by atoms with E-state index in [1.54, 1.807) is 0 Å². The fourth-order valence-corrected chi connectivity index (χ4v) is 5.22. The highest BCUT2D eigenvalue weighted by atomic mass is 15.4. The number of piperazine rings is 2. The summed E-state index contributed by atoms with van der Waals surface area (Å²) in [6.07, 6.45) is 2.81. The minimum atomic E-state index is 0. The van der Waals surface area contributed by atoms with Crippen molar-refractivity contribution in [3.05, 3.63) is 0 Å². The topological polar surface area (TPSA) is 13.0 Å². The van der Waals surface area contributed by atoms with Crippen molar-refractivity contribution < 1.29 is 0 Å². The summed E-state index contributed by atoms with van der Waals surface area (Å²) in [6, 6.07) is 4.15. The lowest BCUT2D eigenvalue weighted by Crippen LogP contribution is -2.52. The number of rotatable bonds is 1. The molecule has 4 bridgehead atoms. The Kier molecular flexibility index (Phi) is 6.06. The molecule has 142 valence electrons. The minimum absolute atomic E-state index is 0. The number of fused-ring (bicyclic) bond motifs is 4. The molecule has 4 fully saturated rings. The Labute approximate surface area is 151 Å². The summed E-state index contributed by atoms with van der Waals surface area (Å²) in [6.45, 7) is 16.8. The SMILES string of the molecule is C.CC(C)N1CC2CC1CN2C.CN1CC2CC1CN2C(C)(C)C. The molecule has 0 spiro atoms. The van der Waals surface area contributed by atoms with E-state index in [0.717, 1.165) is 30.2 Å². The first kappa shape index (κ1) is 20.2. The van der Waals surface area contributed by atoms with Crippen LogP contribution in [0.3, 0.4) is 0 Å². The van der Waals surface area contributed by atoms with Crippen LogP contribution in [0.1, 0.15) is 54.9 Å². The van der Waals surface area contributed by atoms with E-state index < -0.39 is 0 Å². The van der Waals surface area contributed by atoms with Crippen LogP contribution in [-0.2, 0) is 0 Å². The van der Waals surface area contributed by atoms with Crippen molar-refractivity contribution in [1.82, 2.24) is 19.6 Å². The maximum absolute atomic E-state index is 2.66. The van der Waals surface area contributed by atoms with Crippen molar-refractivity contribution in [3.8, 4) is 0 Å². The van der Waals surface area contributed by atoms with Gasteiger partial charge in [-0.1, -0.05) is 7.43 Å². The molecule has 0 saturated carbocycles. The third-order valence-electron chi connectivity index (χ3n) is 6.60. The molecule has 4 aliphatic rings. The van der Waals surface area contributed by atoms with E-state index in [4.69, 9.17) is 0 Å². The monoisotopic (exact) mass is 338 g/mol. The smallest absolute Gasteiger partial charge is 0.0244 e. The Bertz CT molecular complexity index is 412. The van der Waals surface area contributed by atoms with Crippen molar-refractivity contribution in [2.75, 3.05) is 40.3 Å². The standard InChI is InChI=1S/C10H20N2.C9H18N2.CH4/c1-10(2,3)12-7-8-5-9(12)6-11(8)4;1-7(2)11-6-8-4-9(11)5-10(8)3;/h8-9H,5-7H2,1-4H3;7-9H,4-6H2,1-3H3;1H4. The summed E-state index contributed by atoms with van der Waals surface area (Å²) in [5.74, 6) is 0. The van der Waals surface area contributed by atoms with Gasteiger partial charge < -0.3 is 9.80 Å². The summed E-state index contributed by atoms with van der Waals surface area (Å²) in [7, 11) is 4.51. The van der Waals surface area contributed by atoms with Crippen LogP contribution in [-0.4, -0.2) is 95.6 Å². The second-order valence-corrected chi connectivity index (χ2v) is 9.58. The molecule has 0 aromatic rings. The van der Waals surface area contributed by atoms with Gasteiger partial charge in [0.25, 0.3) is 0 Å². The van der Waals surface area contributed by atoms with Crippen LogP contribution in [0.2, 0.25) is 0 Å². The van der Waals surface area contributed by atoms with Crippen molar-refractivity contribution >= 4 is 0 Å². The maximum Gasteiger partial charge on any atom is 0.0244 e. The first-order valence-electron chi connectivity index (χ1n) is 9.59. The average molecular weight is 339 g/mol. The molecule has 0 radical (unpaired) electrons. The van der Waals surface area contributed by atoms with E-state index in [2.05, 4.69) is 68.3 Å². The van der Waals surface area contributed by atoms with Crippen molar-refractivity contribution in [1.29, 1.82) is 0 Å². The van der Waals surface area contributed by atoms with E-state index in [1.807, 2.05) is 0 Å². The second kappa shape index (κ2) is 7.22.